The van der Waals surface area contributed by atoms with E-state index in [1.54, 1.807) is 23.2 Å². The Bertz CT molecular complexity index is 1600. The van der Waals surface area contributed by atoms with Crippen molar-refractivity contribution < 1.29 is 24.2 Å². The lowest BCUT2D eigenvalue weighted by molar-refractivity contribution is -0.385. The van der Waals surface area contributed by atoms with Crippen LogP contribution in [-0.4, -0.2) is 38.4 Å². The number of Topliss-reactive ketones (excluding diaryl/α,β-unsaturated/α-hetero) is 1. The molecule has 11 heteroatoms. The number of hydrogen-bond acceptors (Lipinski definition) is 8. The lowest BCUT2D eigenvalue weighted by atomic mass is 9.83. The highest BCUT2D eigenvalue weighted by molar-refractivity contribution is 6.24. The number of nitro benzene ring substituents is 2. The molecule has 2 fully saturated rings. The van der Waals surface area contributed by atoms with E-state index in [1.165, 1.54) is 36.4 Å². The molecule has 0 radical (unpaired) electrons. The lowest BCUT2D eigenvalue weighted by Gasteiger charge is -2.35. The van der Waals surface area contributed by atoms with Crippen LogP contribution < -0.4 is 4.90 Å². The SMILES string of the molecule is O=C(c1cccc([N+](=O)[O-])c1)[C@@H]1[C@@H]2C(=O)N(c3cccc([N+](=O)[O-])c3)C(=O)[C@@H]2C2c3ccccc3C=CN21. The quantitative estimate of drug-likeness (QED) is 0.218. The Balaban J connectivity index is 1.49. The van der Waals surface area contributed by atoms with Gasteiger partial charge in [0.1, 0.15) is 6.04 Å². The molecule has 3 heterocycles. The highest BCUT2D eigenvalue weighted by Crippen LogP contribution is 2.53. The van der Waals surface area contributed by atoms with E-state index < -0.39 is 51.4 Å². The molecule has 0 bridgehead atoms. The summed E-state index contributed by atoms with van der Waals surface area (Å²) in [6, 6.07) is 16.1. The minimum absolute atomic E-state index is 0.0462. The topological polar surface area (TPSA) is 144 Å². The van der Waals surface area contributed by atoms with E-state index in [1.807, 2.05) is 18.2 Å². The second-order valence-electron chi connectivity index (χ2n) is 9.29. The van der Waals surface area contributed by atoms with Crippen molar-refractivity contribution in [2.45, 2.75) is 12.1 Å². The van der Waals surface area contributed by atoms with Crippen molar-refractivity contribution in [1.82, 2.24) is 4.90 Å². The van der Waals surface area contributed by atoms with Gasteiger partial charge in [-0.25, -0.2) is 4.90 Å². The number of carbonyl (C=O) groups is 3. The summed E-state index contributed by atoms with van der Waals surface area (Å²) in [6.07, 6.45) is 3.48. The van der Waals surface area contributed by atoms with Crippen molar-refractivity contribution >= 4 is 40.7 Å². The first kappa shape index (κ1) is 23.2. The molecule has 0 aromatic heterocycles. The van der Waals surface area contributed by atoms with Crippen LogP contribution in [0.25, 0.3) is 6.08 Å². The molecule has 0 saturated carbocycles. The predicted molar refractivity (Wildman–Crippen MR) is 134 cm³/mol. The molecule has 0 spiro atoms. The number of fused-ring (bicyclic) bond motifs is 5. The van der Waals surface area contributed by atoms with Gasteiger partial charge < -0.3 is 4.90 Å². The number of imide groups is 1. The first-order valence-corrected chi connectivity index (χ1v) is 11.7. The molecule has 1 unspecified atom stereocenters. The Kier molecular flexibility index (Phi) is 5.16. The van der Waals surface area contributed by atoms with Gasteiger partial charge in [0.25, 0.3) is 11.4 Å². The van der Waals surface area contributed by atoms with Crippen LogP contribution in [-0.2, 0) is 9.59 Å². The number of carbonyl (C=O) groups excluding carboxylic acids is 3. The molecule has 38 heavy (non-hydrogen) atoms. The van der Waals surface area contributed by atoms with Gasteiger partial charge in [0.05, 0.1) is 33.4 Å². The third-order valence-corrected chi connectivity index (χ3v) is 7.37. The van der Waals surface area contributed by atoms with Gasteiger partial charge in [0.2, 0.25) is 11.8 Å². The fraction of sp³-hybridized carbons (Fsp3) is 0.148. The average molecular weight is 510 g/mol. The molecular weight excluding hydrogens is 492 g/mol. The van der Waals surface area contributed by atoms with Crippen molar-refractivity contribution in [3.8, 4) is 0 Å². The van der Waals surface area contributed by atoms with Crippen molar-refractivity contribution in [2.75, 3.05) is 4.90 Å². The van der Waals surface area contributed by atoms with Crippen LogP contribution in [0.1, 0.15) is 27.5 Å². The maximum absolute atomic E-state index is 13.9. The summed E-state index contributed by atoms with van der Waals surface area (Å²) in [4.78, 5) is 65.7. The number of nitro groups is 2. The zero-order valence-electron chi connectivity index (χ0n) is 19.5. The second kappa shape index (κ2) is 8.44. The number of benzene rings is 3. The van der Waals surface area contributed by atoms with Crippen LogP contribution in [0.4, 0.5) is 17.1 Å². The van der Waals surface area contributed by atoms with Gasteiger partial charge >= 0.3 is 0 Å². The van der Waals surface area contributed by atoms with Gasteiger partial charge in [-0.2, -0.15) is 0 Å². The van der Waals surface area contributed by atoms with Crippen molar-refractivity contribution in [3.63, 3.8) is 0 Å². The summed E-state index contributed by atoms with van der Waals surface area (Å²) in [5.41, 5.74) is 1.15. The first-order chi connectivity index (χ1) is 18.3. The fourth-order valence-electron chi connectivity index (χ4n) is 5.80. The van der Waals surface area contributed by atoms with E-state index in [9.17, 15) is 34.6 Å². The number of nitrogens with zero attached hydrogens (tertiary/aromatic N) is 4. The van der Waals surface area contributed by atoms with Crippen LogP contribution in [0, 0.1) is 32.1 Å². The number of anilines is 1. The summed E-state index contributed by atoms with van der Waals surface area (Å²) < 4.78 is 0. The van der Waals surface area contributed by atoms with Crippen LogP contribution in [0.5, 0.6) is 0 Å². The zero-order valence-corrected chi connectivity index (χ0v) is 19.5. The third-order valence-electron chi connectivity index (χ3n) is 7.37. The monoisotopic (exact) mass is 510 g/mol. The minimum Gasteiger partial charge on any atom is -0.358 e. The fourth-order valence-corrected chi connectivity index (χ4v) is 5.80. The number of amides is 2. The van der Waals surface area contributed by atoms with Crippen LogP contribution in [0.2, 0.25) is 0 Å². The highest BCUT2D eigenvalue weighted by Gasteiger charge is 2.64. The molecule has 2 amide bonds. The number of ketones is 1. The smallest absolute Gasteiger partial charge is 0.271 e. The molecule has 3 aromatic rings. The van der Waals surface area contributed by atoms with E-state index in [0.29, 0.717) is 0 Å². The Morgan fingerprint density at radius 3 is 2.18 bits per heavy atom. The van der Waals surface area contributed by atoms with Crippen molar-refractivity contribution in [1.29, 1.82) is 0 Å². The van der Waals surface area contributed by atoms with Crippen molar-refractivity contribution in [3.05, 3.63) is 116 Å². The molecule has 2 saturated heterocycles. The van der Waals surface area contributed by atoms with Gasteiger partial charge in [0.15, 0.2) is 5.78 Å². The van der Waals surface area contributed by atoms with E-state index in [-0.39, 0.29) is 22.6 Å². The standard InChI is InChI=1S/C27H18N4O7/c32-25(16-6-3-8-18(13-16)30(35)36)24-22-21(23-20-10-2-1-5-15(20)11-12-28(23)24)26(33)29(27(22)34)17-7-4-9-19(14-17)31(37)38/h1-14,21-24H/t21-,22+,23?,24-/m0/s1. The molecule has 0 aliphatic carbocycles. The van der Waals surface area contributed by atoms with Crippen LogP contribution >= 0.6 is 0 Å². The predicted octanol–water partition coefficient (Wildman–Crippen LogP) is 3.90. The normalized spacial score (nSPS) is 23.2. The molecule has 188 valence electrons. The molecule has 3 aliphatic heterocycles. The van der Waals surface area contributed by atoms with Crippen LogP contribution in [0.15, 0.2) is 79.0 Å². The lowest BCUT2D eigenvalue weighted by Crippen LogP contribution is -2.44. The maximum atomic E-state index is 13.9. The average Bonchev–Trinajstić information content (AvgIpc) is 3.40. The van der Waals surface area contributed by atoms with Gasteiger partial charge in [-0.3, -0.25) is 34.6 Å². The number of non-ortho nitro benzene ring substituents is 2. The summed E-state index contributed by atoms with van der Waals surface area (Å²) >= 11 is 0. The molecule has 6 rings (SSSR count). The van der Waals surface area contributed by atoms with E-state index in [2.05, 4.69) is 0 Å². The first-order valence-electron chi connectivity index (χ1n) is 11.7. The van der Waals surface area contributed by atoms with Crippen molar-refractivity contribution in [2.24, 2.45) is 11.8 Å². The Morgan fingerprint density at radius 2 is 1.45 bits per heavy atom. The van der Waals surface area contributed by atoms with E-state index in [0.717, 1.165) is 28.2 Å². The summed E-state index contributed by atoms with van der Waals surface area (Å²) in [6.45, 7) is 0. The number of rotatable bonds is 5. The summed E-state index contributed by atoms with van der Waals surface area (Å²) in [7, 11) is 0. The van der Waals surface area contributed by atoms with E-state index in [4.69, 9.17) is 0 Å². The Hall–Kier alpha value is -5.19. The van der Waals surface area contributed by atoms with Gasteiger partial charge in [-0.05, 0) is 23.3 Å². The Morgan fingerprint density at radius 1 is 0.789 bits per heavy atom. The summed E-state index contributed by atoms with van der Waals surface area (Å²) in [5.74, 6) is -3.79. The third kappa shape index (κ3) is 3.32. The number of hydrogen-bond donors (Lipinski definition) is 0. The Labute approximate surface area is 214 Å². The largest absolute Gasteiger partial charge is 0.358 e. The van der Waals surface area contributed by atoms with Gasteiger partial charge in [-0.15, -0.1) is 0 Å². The zero-order chi connectivity index (χ0) is 26.7. The summed E-state index contributed by atoms with van der Waals surface area (Å²) in [5, 5.41) is 22.7. The minimum atomic E-state index is -1.11. The van der Waals surface area contributed by atoms with E-state index >= 15 is 0 Å². The second-order valence-corrected chi connectivity index (χ2v) is 9.29. The maximum Gasteiger partial charge on any atom is 0.271 e. The van der Waals surface area contributed by atoms with Crippen LogP contribution in [0.3, 0.4) is 0 Å². The molecule has 3 aromatic carbocycles. The highest BCUT2D eigenvalue weighted by atomic mass is 16.6. The molecule has 11 nitrogen and oxygen atoms in total. The van der Waals surface area contributed by atoms with Gasteiger partial charge in [-0.1, -0.05) is 42.5 Å². The molecule has 4 atom stereocenters. The molecule has 3 aliphatic rings. The molecule has 0 N–H and O–H groups in total. The van der Waals surface area contributed by atoms with Gasteiger partial charge in [0, 0.05) is 36.0 Å². The molecular formula is C27H18N4O7.